The Morgan fingerprint density at radius 1 is 1.20 bits per heavy atom. The second kappa shape index (κ2) is 6.94. The minimum Gasteiger partial charge on any atom is -0.486 e. The minimum atomic E-state index is -3.10. The van der Waals surface area contributed by atoms with Crippen LogP contribution in [0.5, 0.6) is 11.5 Å². The molecule has 3 aromatic rings. The van der Waals surface area contributed by atoms with E-state index in [9.17, 15) is 18.0 Å². The summed E-state index contributed by atoms with van der Waals surface area (Å²) in [6.45, 7) is 0.684. The predicted octanol–water partition coefficient (Wildman–Crippen LogP) is 0.607. The van der Waals surface area contributed by atoms with Crippen LogP contribution in [0.3, 0.4) is 0 Å². The van der Waals surface area contributed by atoms with Crippen LogP contribution in [0.4, 0.5) is 0 Å². The molecule has 1 unspecified atom stereocenters. The molecule has 1 fully saturated rings. The molecule has 10 nitrogen and oxygen atoms in total. The Morgan fingerprint density at radius 2 is 2.00 bits per heavy atom. The number of nitrogens with zero attached hydrogens (tertiary/aromatic N) is 4. The van der Waals surface area contributed by atoms with Gasteiger partial charge in [0, 0.05) is 5.56 Å². The summed E-state index contributed by atoms with van der Waals surface area (Å²) in [6, 6.07) is 4.57. The van der Waals surface area contributed by atoms with Crippen LogP contribution in [0.1, 0.15) is 22.8 Å². The Bertz CT molecular complexity index is 1330. The average Bonchev–Trinajstić information content (AvgIpc) is 3.32. The van der Waals surface area contributed by atoms with Gasteiger partial charge in [-0.25, -0.2) is 18.1 Å². The zero-order valence-corrected chi connectivity index (χ0v) is 16.7. The van der Waals surface area contributed by atoms with E-state index in [1.807, 2.05) is 0 Å². The number of aromatic nitrogens is 4. The quantitative estimate of drug-likeness (QED) is 0.552. The van der Waals surface area contributed by atoms with Crippen molar-refractivity contribution in [3.05, 3.63) is 46.6 Å². The van der Waals surface area contributed by atoms with Crippen molar-refractivity contribution in [2.75, 3.05) is 24.7 Å². The van der Waals surface area contributed by atoms with Gasteiger partial charge in [0.25, 0.3) is 5.56 Å². The lowest BCUT2D eigenvalue weighted by atomic mass is 10.1. The highest BCUT2D eigenvalue weighted by Crippen LogP contribution is 2.31. The number of Topliss-reactive ketones (excluding diaryl/α,β-unsaturated/α-hetero) is 1. The molecule has 1 aromatic carbocycles. The van der Waals surface area contributed by atoms with Gasteiger partial charge in [0.1, 0.15) is 24.9 Å². The van der Waals surface area contributed by atoms with Crippen molar-refractivity contribution in [3.63, 3.8) is 0 Å². The number of fused-ring (bicyclic) bond motifs is 2. The lowest BCUT2D eigenvalue weighted by Crippen LogP contribution is -2.25. The van der Waals surface area contributed by atoms with E-state index in [1.165, 1.54) is 21.8 Å². The van der Waals surface area contributed by atoms with Gasteiger partial charge in [-0.1, -0.05) is 0 Å². The highest BCUT2D eigenvalue weighted by molar-refractivity contribution is 7.91. The second-order valence-corrected chi connectivity index (χ2v) is 9.57. The van der Waals surface area contributed by atoms with Gasteiger partial charge in [-0.3, -0.25) is 14.2 Å². The molecule has 5 rings (SSSR count). The normalized spacial score (nSPS) is 19.8. The van der Waals surface area contributed by atoms with Gasteiger partial charge >= 0.3 is 0 Å². The number of ether oxygens (including phenoxy) is 2. The number of hydrogen-bond donors (Lipinski definition) is 0. The molecule has 2 aliphatic heterocycles. The molecule has 1 atom stereocenters. The summed E-state index contributed by atoms with van der Waals surface area (Å²) in [5, 5.41) is 4.44. The summed E-state index contributed by atoms with van der Waals surface area (Å²) in [4.78, 5) is 29.8. The summed E-state index contributed by atoms with van der Waals surface area (Å²) < 4.78 is 37.2. The molecule has 2 aromatic heterocycles. The average molecular weight is 430 g/mol. The van der Waals surface area contributed by atoms with E-state index in [2.05, 4.69) is 10.1 Å². The van der Waals surface area contributed by atoms with Crippen molar-refractivity contribution in [3.8, 4) is 11.5 Å². The first-order valence-corrected chi connectivity index (χ1v) is 11.3. The van der Waals surface area contributed by atoms with Gasteiger partial charge in [0.2, 0.25) is 0 Å². The molecule has 2 aliphatic rings. The fourth-order valence-corrected chi connectivity index (χ4v) is 5.47. The molecule has 0 radical (unpaired) electrons. The molecule has 0 amide bonds. The molecule has 156 valence electrons. The van der Waals surface area contributed by atoms with E-state index in [1.54, 1.807) is 18.2 Å². The van der Waals surface area contributed by atoms with Gasteiger partial charge in [0.05, 0.1) is 30.3 Å². The van der Waals surface area contributed by atoms with Crippen LogP contribution in [0.15, 0.2) is 35.5 Å². The molecule has 0 aliphatic carbocycles. The van der Waals surface area contributed by atoms with Crippen molar-refractivity contribution in [2.45, 2.75) is 19.0 Å². The molecule has 4 heterocycles. The third kappa shape index (κ3) is 3.24. The van der Waals surface area contributed by atoms with E-state index >= 15 is 0 Å². The Labute approximate surface area is 171 Å². The van der Waals surface area contributed by atoms with Crippen LogP contribution in [-0.2, 0) is 16.4 Å². The maximum absolute atomic E-state index is 12.8. The molecule has 0 N–H and O–H groups in total. The number of carbonyl (C=O) groups excluding carboxylic acids is 1. The zero-order chi connectivity index (χ0) is 20.9. The molecule has 1 saturated heterocycles. The summed E-state index contributed by atoms with van der Waals surface area (Å²) in [6.07, 6.45) is 3.11. The number of carbonyl (C=O) groups is 1. The van der Waals surface area contributed by atoms with Crippen molar-refractivity contribution < 1.29 is 22.7 Å². The Morgan fingerprint density at radius 3 is 2.77 bits per heavy atom. The molecule has 0 saturated carbocycles. The Kier molecular flexibility index (Phi) is 4.35. The monoisotopic (exact) mass is 430 g/mol. The maximum Gasteiger partial charge on any atom is 0.264 e. The van der Waals surface area contributed by atoms with Gasteiger partial charge in [-0.05, 0) is 24.6 Å². The first kappa shape index (κ1) is 18.8. The van der Waals surface area contributed by atoms with Crippen molar-refractivity contribution >= 4 is 26.7 Å². The maximum atomic E-state index is 12.8. The fourth-order valence-electron chi connectivity index (χ4n) is 3.78. The third-order valence-electron chi connectivity index (χ3n) is 5.31. The van der Waals surface area contributed by atoms with Gasteiger partial charge in [0.15, 0.2) is 32.8 Å². The van der Waals surface area contributed by atoms with E-state index in [4.69, 9.17) is 9.47 Å². The molecule has 30 heavy (non-hydrogen) atoms. The van der Waals surface area contributed by atoms with Crippen LogP contribution in [0, 0.1) is 0 Å². The highest BCUT2D eigenvalue weighted by Gasteiger charge is 2.31. The number of hydrogen-bond acceptors (Lipinski definition) is 8. The number of sulfone groups is 1. The number of benzene rings is 1. The first-order valence-electron chi connectivity index (χ1n) is 9.47. The fraction of sp³-hybridized carbons (Fsp3) is 0.368. The third-order valence-corrected chi connectivity index (χ3v) is 7.06. The molecule has 0 spiro atoms. The second-order valence-electron chi connectivity index (χ2n) is 7.34. The molecular formula is C19H18N4O6S. The minimum absolute atomic E-state index is 0.0167. The first-order chi connectivity index (χ1) is 14.4. The Hall–Kier alpha value is -3.21. The van der Waals surface area contributed by atoms with Gasteiger partial charge < -0.3 is 9.47 Å². The molecular weight excluding hydrogens is 412 g/mol. The van der Waals surface area contributed by atoms with Crippen LogP contribution < -0.4 is 15.0 Å². The topological polar surface area (TPSA) is 122 Å². The van der Waals surface area contributed by atoms with Crippen LogP contribution in [0.2, 0.25) is 0 Å². The largest absolute Gasteiger partial charge is 0.486 e. The summed E-state index contributed by atoms with van der Waals surface area (Å²) in [5.74, 6) is 0.891. The number of ketones is 1. The molecule has 11 heteroatoms. The van der Waals surface area contributed by atoms with E-state index in [-0.39, 0.29) is 35.3 Å². The van der Waals surface area contributed by atoms with Crippen molar-refractivity contribution in [2.24, 2.45) is 0 Å². The predicted molar refractivity (Wildman–Crippen MR) is 106 cm³/mol. The highest BCUT2D eigenvalue weighted by atomic mass is 32.2. The molecule has 0 bridgehead atoms. The smallest absolute Gasteiger partial charge is 0.264 e. The summed E-state index contributed by atoms with van der Waals surface area (Å²) >= 11 is 0. The van der Waals surface area contributed by atoms with Crippen LogP contribution in [-0.4, -0.2) is 58.3 Å². The van der Waals surface area contributed by atoms with Crippen LogP contribution in [0.25, 0.3) is 11.0 Å². The SMILES string of the molecule is O=C(Cn1cnc2c(cnn2C2CCS(=O)(=O)C2)c1=O)c1ccc2c(c1)OCCO2. The van der Waals surface area contributed by atoms with Crippen molar-refractivity contribution in [1.82, 2.24) is 19.3 Å². The van der Waals surface area contributed by atoms with E-state index in [0.717, 1.165) is 0 Å². The standard InChI is InChI=1S/C19H18N4O6S/c24-15(12-1-2-16-17(7-12)29-5-4-28-16)9-22-11-20-18-14(19(22)25)8-21-23(18)13-3-6-30(26,27)10-13/h1-2,7-8,11,13H,3-6,9-10H2. The van der Waals surface area contributed by atoms with Gasteiger partial charge in [-0.2, -0.15) is 5.10 Å². The van der Waals surface area contributed by atoms with Crippen molar-refractivity contribution in [1.29, 1.82) is 0 Å². The lowest BCUT2D eigenvalue weighted by molar-refractivity contribution is 0.0969. The summed E-state index contributed by atoms with van der Waals surface area (Å²) in [7, 11) is -3.10. The zero-order valence-electron chi connectivity index (χ0n) is 15.9. The van der Waals surface area contributed by atoms with E-state index < -0.39 is 15.4 Å². The Balaban J connectivity index is 1.42. The summed E-state index contributed by atoms with van der Waals surface area (Å²) in [5.41, 5.74) is 0.321. The van der Waals surface area contributed by atoms with Gasteiger partial charge in [-0.15, -0.1) is 0 Å². The lowest BCUT2D eigenvalue weighted by Gasteiger charge is -2.18. The number of rotatable bonds is 4. The van der Waals surface area contributed by atoms with E-state index in [0.29, 0.717) is 42.3 Å². The van der Waals surface area contributed by atoms with Crippen LogP contribution >= 0.6 is 0 Å².